The van der Waals surface area contributed by atoms with E-state index in [4.69, 9.17) is 27.2 Å². The molecule has 8 nitrogen and oxygen atoms in total. The number of oxime groups is 1. The Bertz CT molecular complexity index is 1340. The van der Waals surface area contributed by atoms with Crippen molar-refractivity contribution in [2.75, 3.05) is 18.8 Å². The van der Waals surface area contributed by atoms with E-state index in [1.54, 1.807) is 18.2 Å². The fourth-order valence-electron chi connectivity index (χ4n) is 4.65. The number of halogens is 5. The molecule has 1 fully saturated rings. The Hall–Kier alpha value is -3.19. The van der Waals surface area contributed by atoms with Crippen LogP contribution in [0.15, 0.2) is 34.8 Å². The number of anilines is 1. The van der Waals surface area contributed by atoms with Gasteiger partial charge >= 0.3 is 0 Å². The van der Waals surface area contributed by atoms with Gasteiger partial charge in [0.25, 0.3) is 12.9 Å². The number of benzene rings is 1. The molecule has 1 saturated heterocycles. The standard InChI is InChI=1S/C24H23ClF4N6O2S/c25-13-2-1-3-14(30)21(13)19-9-15(33-37-19)17-11-38-24(31-17)12-4-6-34(7-5-12)20(36)10-35-18(23(28)29)8-16(32-35)22(26)27/h1-3,8,11-12,19,22-23H,4-7,9-10,30H2. The molecule has 1 aromatic carbocycles. The average Bonchev–Trinajstić information content (AvgIpc) is 3.64. The number of piperidine rings is 1. The van der Waals surface area contributed by atoms with E-state index < -0.39 is 42.8 Å². The normalized spacial score (nSPS) is 18.3. The number of nitrogen functional groups attached to an aromatic ring is 1. The smallest absolute Gasteiger partial charge is 0.282 e. The minimum atomic E-state index is -3.01. The zero-order chi connectivity index (χ0) is 27.0. The molecule has 2 aliphatic rings. The summed E-state index contributed by atoms with van der Waals surface area (Å²) >= 11 is 7.80. The highest BCUT2D eigenvalue weighted by atomic mass is 35.5. The number of likely N-dealkylation sites (tertiary alicyclic amines) is 1. The van der Waals surface area contributed by atoms with Gasteiger partial charge in [-0.2, -0.15) is 5.10 Å². The van der Waals surface area contributed by atoms with Gasteiger partial charge in [0.1, 0.15) is 23.6 Å². The van der Waals surface area contributed by atoms with Crippen molar-refractivity contribution in [3.05, 3.63) is 62.3 Å². The number of nitrogens with zero attached hydrogens (tertiary/aromatic N) is 5. The van der Waals surface area contributed by atoms with Gasteiger partial charge in [-0.1, -0.05) is 22.8 Å². The van der Waals surface area contributed by atoms with Crippen molar-refractivity contribution in [3.8, 4) is 0 Å². The summed E-state index contributed by atoms with van der Waals surface area (Å²) in [6, 6.07) is 5.92. The molecule has 14 heteroatoms. The van der Waals surface area contributed by atoms with E-state index in [9.17, 15) is 22.4 Å². The van der Waals surface area contributed by atoms with E-state index >= 15 is 0 Å². The molecule has 38 heavy (non-hydrogen) atoms. The van der Waals surface area contributed by atoms with Crippen LogP contribution in [0.2, 0.25) is 5.02 Å². The minimum Gasteiger partial charge on any atom is -0.398 e. The van der Waals surface area contributed by atoms with Crippen molar-refractivity contribution >= 4 is 40.2 Å². The average molecular weight is 571 g/mol. The molecule has 2 aromatic heterocycles. The predicted octanol–water partition coefficient (Wildman–Crippen LogP) is 5.72. The minimum absolute atomic E-state index is 0.113. The summed E-state index contributed by atoms with van der Waals surface area (Å²) < 4.78 is 52.9. The highest BCUT2D eigenvalue weighted by Gasteiger charge is 2.31. The summed E-state index contributed by atoms with van der Waals surface area (Å²) in [6.07, 6.45) is -4.67. The van der Waals surface area contributed by atoms with Crippen molar-refractivity contribution in [1.82, 2.24) is 19.7 Å². The van der Waals surface area contributed by atoms with E-state index in [1.165, 1.54) is 16.2 Å². The quantitative estimate of drug-likeness (QED) is 0.289. The number of carbonyl (C=O) groups excluding carboxylic acids is 1. The van der Waals surface area contributed by atoms with Gasteiger partial charge < -0.3 is 15.5 Å². The second kappa shape index (κ2) is 10.9. The maximum atomic E-state index is 13.2. The second-order valence-electron chi connectivity index (χ2n) is 9.06. The topological polar surface area (TPSA) is 98.6 Å². The molecule has 1 atom stereocenters. The number of rotatable bonds is 7. The van der Waals surface area contributed by atoms with Gasteiger partial charge in [0, 0.05) is 47.1 Å². The van der Waals surface area contributed by atoms with Crippen molar-refractivity contribution in [2.45, 2.75) is 50.7 Å². The molecule has 1 amide bonds. The molecule has 4 heterocycles. The van der Waals surface area contributed by atoms with Crippen LogP contribution in [0.1, 0.15) is 71.8 Å². The van der Waals surface area contributed by atoms with Gasteiger partial charge in [0.15, 0.2) is 6.10 Å². The highest BCUT2D eigenvalue weighted by Crippen LogP contribution is 2.38. The van der Waals surface area contributed by atoms with Gasteiger partial charge in [-0.3, -0.25) is 9.48 Å². The Morgan fingerprint density at radius 2 is 1.97 bits per heavy atom. The van der Waals surface area contributed by atoms with Crippen molar-refractivity contribution < 1.29 is 27.2 Å². The van der Waals surface area contributed by atoms with Crippen LogP contribution in [0.4, 0.5) is 23.2 Å². The number of alkyl halides is 4. The maximum Gasteiger partial charge on any atom is 0.282 e. The molecule has 5 rings (SSSR count). The third kappa shape index (κ3) is 5.35. The Morgan fingerprint density at radius 3 is 2.66 bits per heavy atom. The number of amides is 1. The number of nitrogens with two attached hydrogens (primary N) is 1. The first-order valence-electron chi connectivity index (χ1n) is 11.8. The third-order valence-corrected chi connectivity index (χ3v) is 7.99. The fourth-order valence-corrected chi connectivity index (χ4v) is 5.95. The van der Waals surface area contributed by atoms with E-state index in [-0.39, 0.29) is 5.92 Å². The number of carbonyl (C=O) groups is 1. The largest absolute Gasteiger partial charge is 0.398 e. The van der Waals surface area contributed by atoms with Gasteiger partial charge in [-0.25, -0.2) is 22.5 Å². The molecular formula is C24H23ClF4N6O2S. The van der Waals surface area contributed by atoms with Gasteiger partial charge in [0.2, 0.25) is 5.91 Å². The lowest BCUT2D eigenvalue weighted by Crippen LogP contribution is -2.40. The first-order valence-corrected chi connectivity index (χ1v) is 13.1. The summed E-state index contributed by atoms with van der Waals surface area (Å²) in [4.78, 5) is 24.6. The number of hydrogen-bond donors (Lipinski definition) is 1. The van der Waals surface area contributed by atoms with Crippen LogP contribution in [0, 0.1) is 0 Å². The van der Waals surface area contributed by atoms with Gasteiger partial charge in [0.05, 0.1) is 10.7 Å². The molecule has 0 bridgehead atoms. The fraction of sp³-hybridized carbons (Fsp3) is 0.417. The van der Waals surface area contributed by atoms with Crippen LogP contribution >= 0.6 is 22.9 Å². The highest BCUT2D eigenvalue weighted by molar-refractivity contribution is 7.10. The van der Waals surface area contributed by atoms with E-state index in [0.29, 0.717) is 70.8 Å². The van der Waals surface area contributed by atoms with Crippen LogP contribution < -0.4 is 5.73 Å². The third-order valence-electron chi connectivity index (χ3n) is 6.65. The summed E-state index contributed by atoms with van der Waals surface area (Å²) in [5.41, 5.74) is 7.24. The summed E-state index contributed by atoms with van der Waals surface area (Å²) in [6.45, 7) is 0.266. The molecule has 2 aliphatic heterocycles. The second-order valence-corrected chi connectivity index (χ2v) is 10.4. The first-order chi connectivity index (χ1) is 18.2. The molecule has 1 unspecified atom stereocenters. The van der Waals surface area contributed by atoms with E-state index in [0.717, 1.165) is 5.01 Å². The van der Waals surface area contributed by atoms with Crippen molar-refractivity contribution in [2.24, 2.45) is 5.16 Å². The number of aromatic nitrogens is 3. The van der Waals surface area contributed by atoms with Crippen molar-refractivity contribution in [3.63, 3.8) is 0 Å². The molecule has 3 aromatic rings. The summed E-state index contributed by atoms with van der Waals surface area (Å²) in [5, 5.41) is 11.0. The number of thiazole rings is 1. The van der Waals surface area contributed by atoms with Gasteiger partial charge in [-0.15, -0.1) is 11.3 Å². The van der Waals surface area contributed by atoms with Crippen LogP contribution in [-0.2, 0) is 16.2 Å². The summed E-state index contributed by atoms with van der Waals surface area (Å²) in [7, 11) is 0. The van der Waals surface area contributed by atoms with Crippen LogP contribution in [0.5, 0.6) is 0 Å². The molecule has 0 aliphatic carbocycles. The molecule has 0 spiro atoms. The lowest BCUT2D eigenvalue weighted by Gasteiger charge is -2.31. The molecular weight excluding hydrogens is 548 g/mol. The molecule has 0 saturated carbocycles. The van der Waals surface area contributed by atoms with Gasteiger partial charge in [-0.05, 0) is 31.0 Å². The lowest BCUT2D eigenvalue weighted by molar-refractivity contribution is -0.133. The Labute approximate surface area is 224 Å². The molecule has 0 radical (unpaired) electrons. The predicted molar refractivity (Wildman–Crippen MR) is 134 cm³/mol. The maximum absolute atomic E-state index is 13.2. The van der Waals surface area contributed by atoms with E-state index in [1.807, 2.05) is 5.38 Å². The Kier molecular flexibility index (Phi) is 7.57. The van der Waals surface area contributed by atoms with Crippen LogP contribution in [0.3, 0.4) is 0 Å². The van der Waals surface area contributed by atoms with Crippen LogP contribution in [0.25, 0.3) is 0 Å². The monoisotopic (exact) mass is 570 g/mol. The lowest BCUT2D eigenvalue weighted by atomic mass is 9.97. The van der Waals surface area contributed by atoms with Crippen LogP contribution in [-0.4, -0.2) is 44.4 Å². The molecule has 2 N–H and O–H groups in total. The summed E-state index contributed by atoms with van der Waals surface area (Å²) in [5.74, 6) is -0.334. The molecule has 202 valence electrons. The number of hydrogen-bond acceptors (Lipinski definition) is 7. The zero-order valence-electron chi connectivity index (χ0n) is 19.9. The zero-order valence-corrected chi connectivity index (χ0v) is 21.4. The SMILES string of the molecule is Nc1cccc(Cl)c1C1CC(c2csc(C3CCN(C(=O)Cn4nc(C(F)F)cc4C(F)F)CC3)n2)=NO1. The van der Waals surface area contributed by atoms with E-state index in [2.05, 4.69) is 10.3 Å². The van der Waals surface area contributed by atoms with Crippen molar-refractivity contribution in [1.29, 1.82) is 0 Å². The Morgan fingerprint density at radius 1 is 1.21 bits per heavy atom. The Balaban J connectivity index is 1.18. The first kappa shape index (κ1) is 26.4.